The van der Waals surface area contributed by atoms with Gasteiger partial charge >= 0.3 is 0 Å². The molecule has 184 valence electrons. The third kappa shape index (κ3) is 5.22. The Balaban J connectivity index is 1.33. The average molecular weight is 500 g/mol. The van der Waals surface area contributed by atoms with Gasteiger partial charge in [0, 0.05) is 5.56 Å². The van der Waals surface area contributed by atoms with Crippen molar-refractivity contribution >= 4 is 28.6 Å². The van der Waals surface area contributed by atoms with E-state index >= 15 is 0 Å². The SMILES string of the molecule is Cc1ccc(C)c(-n2c(SCC(=O)N3CC[NH+](Cc4ccccc4)CC3)nc3ccccc3c2=O)c1. The summed E-state index contributed by atoms with van der Waals surface area (Å²) in [5.41, 5.74) is 4.74. The number of hydrogen-bond donors (Lipinski definition) is 1. The van der Waals surface area contributed by atoms with E-state index in [9.17, 15) is 9.59 Å². The Kier molecular flexibility index (Phi) is 7.20. The zero-order chi connectivity index (χ0) is 25.1. The molecule has 1 aliphatic rings. The molecule has 7 heteroatoms. The second kappa shape index (κ2) is 10.7. The van der Waals surface area contributed by atoms with Crippen molar-refractivity contribution in [2.75, 3.05) is 31.9 Å². The van der Waals surface area contributed by atoms with Crippen LogP contribution in [0.15, 0.2) is 82.7 Å². The molecule has 1 saturated heterocycles. The highest BCUT2D eigenvalue weighted by Gasteiger charge is 2.24. The minimum Gasteiger partial charge on any atom is -0.331 e. The molecule has 1 aliphatic heterocycles. The van der Waals surface area contributed by atoms with Gasteiger partial charge in [-0.3, -0.25) is 14.2 Å². The standard InChI is InChI=1S/C29H30N4O2S/c1-21-12-13-22(2)26(18-21)33-28(35)24-10-6-7-11-25(24)30-29(33)36-20-27(34)32-16-14-31(15-17-32)19-23-8-4-3-5-9-23/h3-13,18H,14-17,19-20H2,1-2H3/p+1. The summed E-state index contributed by atoms with van der Waals surface area (Å²) >= 11 is 1.34. The van der Waals surface area contributed by atoms with Gasteiger partial charge in [0.2, 0.25) is 5.91 Å². The van der Waals surface area contributed by atoms with Gasteiger partial charge in [0.25, 0.3) is 5.56 Å². The van der Waals surface area contributed by atoms with Crippen LogP contribution in [-0.2, 0) is 11.3 Å². The third-order valence-electron chi connectivity index (χ3n) is 6.80. The number of carbonyl (C=O) groups is 1. The van der Waals surface area contributed by atoms with E-state index < -0.39 is 0 Å². The number of thioether (sulfide) groups is 1. The number of quaternary nitrogens is 1. The van der Waals surface area contributed by atoms with E-state index in [0.29, 0.717) is 16.1 Å². The Morgan fingerprint density at radius 1 is 0.972 bits per heavy atom. The Morgan fingerprint density at radius 3 is 2.47 bits per heavy atom. The first-order chi connectivity index (χ1) is 17.5. The van der Waals surface area contributed by atoms with Crippen LogP contribution < -0.4 is 10.5 Å². The number of carbonyl (C=O) groups excluding carboxylic acids is 1. The van der Waals surface area contributed by atoms with Crippen molar-refractivity contribution in [3.05, 3.63) is 99.8 Å². The Hall–Kier alpha value is -3.42. The lowest BCUT2D eigenvalue weighted by Crippen LogP contribution is -3.13. The van der Waals surface area contributed by atoms with Crippen LogP contribution in [0.3, 0.4) is 0 Å². The molecule has 36 heavy (non-hydrogen) atoms. The molecule has 1 fully saturated rings. The van der Waals surface area contributed by atoms with Crippen LogP contribution in [0.2, 0.25) is 0 Å². The topological polar surface area (TPSA) is 59.6 Å². The number of benzene rings is 3. The summed E-state index contributed by atoms with van der Waals surface area (Å²) in [7, 11) is 0. The van der Waals surface area contributed by atoms with Crippen molar-refractivity contribution < 1.29 is 9.69 Å². The molecule has 0 radical (unpaired) electrons. The molecule has 0 bridgehead atoms. The molecule has 0 saturated carbocycles. The number of rotatable bonds is 6. The van der Waals surface area contributed by atoms with Crippen LogP contribution in [0.5, 0.6) is 0 Å². The lowest BCUT2D eigenvalue weighted by Gasteiger charge is -2.32. The molecule has 4 aromatic rings. The molecular formula is C29H31N4O2S+. The maximum absolute atomic E-state index is 13.6. The van der Waals surface area contributed by atoms with Crippen LogP contribution in [0, 0.1) is 13.8 Å². The molecule has 0 unspecified atom stereocenters. The number of nitrogens with one attached hydrogen (secondary N) is 1. The second-order valence-corrected chi connectivity index (χ2v) is 10.4. The highest BCUT2D eigenvalue weighted by molar-refractivity contribution is 7.99. The van der Waals surface area contributed by atoms with Crippen molar-refractivity contribution in [2.45, 2.75) is 25.5 Å². The van der Waals surface area contributed by atoms with E-state index in [4.69, 9.17) is 4.98 Å². The number of para-hydroxylation sites is 1. The first-order valence-electron chi connectivity index (χ1n) is 12.4. The Morgan fingerprint density at radius 2 is 1.69 bits per heavy atom. The molecular weight excluding hydrogens is 468 g/mol. The van der Waals surface area contributed by atoms with Gasteiger partial charge in [-0.1, -0.05) is 66.4 Å². The number of amides is 1. The van der Waals surface area contributed by atoms with E-state index in [2.05, 4.69) is 24.3 Å². The number of piperazine rings is 1. The molecule has 0 atom stereocenters. The van der Waals surface area contributed by atoms with Crippen LogP contribution in [0.25, 0.3) is 16.6 Å². The Bertz CT molecular complexity index is 1440. The van der Waals surface area contributed by atoms with Gasteiger partial charge in [0.1, 0.15) is 6.54 Å². The number of nitrogens with zero attached hydrogens (tertiary/aromatic N) is 3. The van der Waals surface area contributed by atoms with Gasteiger partial charge in [-0.25, -0.2) is 4.98 Å². The van der Waals surface area contributed by atoms with E-state index in [0.717, 1.165) is 49.5 Å². The summed E-state index contributed by atoms with van der Waals surface area (Å²) in [5, 5.41) is 1.13. The van der Waals surface area contributed by atoms with Crippen molar-refractivity contribution in [2.24, 2.45) is 0 Å². The van der Waals surface area contributed by atoms with Crippen LogP contribution >= 0.6 is 11.8 Å². The maximum Gasteiger partial charge on any atom is 0.266 e. The monoisotopic (exact) mass is 499 g/mol. The highest BCUT2D eigenvalue weighted by atomic mass is 32.2. The zero-order valence-corrected chi connectivity index (χ0v) is 21.6. The maximum atomic E-state index is 13.6. The van der Waals surface area contributed by atoms with Crippen molar-refractivity contribution in [1.82, 2.24) is 14.5 Å². The quantitative estimate of drug-likeness (QED) is 0.327. The lowest BCUT2D eigenvalue weighted by molar-refractivity contribution is -0.917. The summed E-state index contributed by atoms with van der Waals surface area (Å²) in [4.78, 5) is 34.9. The van der Waals surface area contributed by atoms with E-state index in [1.54, 1.807) is 4.57 Å². The number of hydrogen-bond acceptors (Lipinski definition) is 4. The zero-order valence-electron chi connectivity index (χ0n) is 20.7. The van der Waals surface area contributed by atoms with Crippen molar-refractivity contribution in [1.29, 1.82) is 0 Å². The lowest BCUT2D eigenvalue weighted by atomic mass is 10.1. The van der Waals surface area contributed by atoms with Crippen molar-refractivity contribution in [3.63, 3.8) is 0 Å². The highest BCUT2D eigenvalue weighted by Crippen LogP contribution is 2.24. The number of aryl methyl sites for hydroxylation is 2. The van der Waals surface area contributed by atoms with Crippen LogP contribution in [-0.4, -0.2) is 52.3 Å². The molecule has 3 aromatic carbocycles. The summed E-state index contributed by atoms with van der Waals surface area (Å²) < 4.78 is 1.67. The van der Waals surface area contributed by atoms with Gasteiger partial charge in [0.15, 0.2) is 5.16 Å². The summed E-state index contributed by atoms with van der Waals surface area (Å²) in [6.45, 7) is 8.36. The average Bonchev–Trinajstić information content (AvgIpc) is 2.90. The molecule has 0 aliphatic carbocycles. The van der Waals surface area contributed by atoms with Gasteiger partial charge in [-0.15, -0.1) is 0 Å². The second-order valence-electron chi connectivity index (χ2n) is 9.42. The predicted molar refractivity (Wildman–Crippen MR) is 145 cm³/mol. The fourth-order valence-corrected chi connectivity index (χ4v) is 5.64. The third-order valence-corrected chi connectivity index (χ3v) is 7.72. The van der Waals surface area contributed by atoms with Crippen molar-refractivity contribution in [3.8, 4) is 5.69 Å². The fraction of sp³-hybridized carbons (Fsp3) is 0.276. The summed E-state index contributed by atoms with van der Waals surface area (Å²) in [5.74, 6) is 0.345. The molecule has 1 amide bonds. The molecule has 0 spiro atoms. The van der Waals surface area contributed by atoms with Crippen LogP contribution in [0.4, 0.5) is 0 Å². The normalized spacial score (nSPS) is 14.3. The van der Waals surface area contributed by atoms with Gasteiger partial charge in [0.05, 0.1) is 48.5 Å². The summed E-state index contributed by atoms with van der Waals surface area (Å²) in [6.07, 6.45) is 0. The van der Waals surface area contributed by atoms with Gasteiger partial charge in [-0.2, -0.15) is 0 Å². The van der Waals surface area contributed by atoms with Gasteiger partial charge in [-0.05, 0) is 43.2 Å². The van der Waals surface area contributed by atoms with E-state index in [1.807, 2.05) is 67.3 Å². The molecule has 6 nitrogen and oxygen atoms in total. The predicted octanol–water partition coefficient (Wildman–Crippen LogP) is 3.02. The molecule has 1 aromatic heterocycles. The first kappa shape index (κ1) is 24.3. The minimum absolute atomic E-state index is 0.0914. The van der Waals surface area contributed by atoms with E-state index in [-0.39, 0.29) is 17.2 Å². The van der Waals surface area contributed by atoms with Crippen LogP contribution in [0.1, 0.15) is 16.7 Å². The smallest absolute Gasteiger partial charge is 0.266 e. The first-order valence-corrected chi connectivity index (χ1v) is 13.4. The minimum atomic E-state index is -0.109. The Labute approximate surface area is 215 Å². The molecule has 2 heterocycles. The largest absolute Gasteiger partial charge is 0.331 e. The molecule has 1 N–H and O–H groups in total. The van der Waals surface area contributed by atoms with Gasteiger partial charge < -0.3 is 9.80 Å². The number of fused-ring (bicyclic) bond motifs is 1. The number of aromatic nitrogens is 2. The van der Waals surface area contributed by atoms with E-state index in [1.165, 1.54) is 22.2 Å². The fourth-order valence-electron chi connectivity index (χ4n) is 4.73. The molecule has 5 rings (SSSR count). The summed E-state index contributed by atoms with van der Waals surface area (Å²) in [6, 6.07) is 24.0.